The SMILES string of the molecule is CC1CC(CN)C(C(F)(F)F)O1. The zero-order valence-corrected chi connectivity index (χ0v) is 6.77. The van der Waals surface area contributed by atoms with Gasteiger partial charge in [0.05, 0.1) is 6.10 Å². The first-order valence-electron chi connectivity index (χ1n) is 3.87. The van der Waals surface area contributed by atoms with Gasteiger partial charge >= 0.3 is 6.18 Å². The van der Waals surface area contributed by atoms with Crippen molar-refractivity contribution in [2.45, 2.75) is 31.7 Å². The summed E-state index contributed by atoms with van der Waals surface area (Å²) >= 11 is 0. The molecule has 2 N–H and O–H groups in total. The highest BCUT2D eigenvalue weighted by molar-refractivity contribution is 4.85. The molecule has 0 spiro atoms. The Labute approximate surface area is 68.9 Å². The number of hydrogen-bond acceptors (Lipinski definition) is 2. The van der Waals surface area contributed by atoms with Gasteiger partial charge < -0.3 is 10.5 Å². The Kier molecular flexibility index (Phi) is 2.63. The third kappa shape index (κ3) is 1.90. The van der Waals surface area contributed by atoms with E-state index < -0.39 is 18.2 Å². The van der Waals surface area contributed by atoms with E-state index in [1.165, 1.54) is 0 Å². The van der Waals surface area contributed by atoms with Crippen LogP contribution < -0.4 is 5.73 Å². The number of halogens is 3. The van der Waals surface area contributed by atoms with E-state index in [1.54, 1.807) is 6.92 Å². The monoisotopic (exact) mass is 183 g/mol. The van der Waals surface area contributed by atoms with E-state index >= 15 is 0 Å². The molecule has 0 saturated carbocycles. The Morgan fingerprint density at radius 3 is 2.42 bits per heavy atom. The minimum absolute atomic E-state index is 0.0362. The molecule has 0 radical (unpaired) electrons. The first-order chi connectivity index (χ1) is 5.45. The smallest absolute Gasteiger partial charge is 0.365 e. The summed E-state index contributed by atoms with van der Waals surface area (Å²) in [6.07, 6.45) is -5.85. The van der Waals surface area contributed by atoms with Gasteiger partial charge in [0.2, 0.25) is 0 Å². The molecule has 1 heterocycles. The van der Waals surface area contributed by atoms with Crippen LogP contribution in [-0.2, 0) is 4.74 Å². The summed E-state index contributed by atoms with van der Waals surface area (Å²) in [7, 11) is 0. The van der Waals surface area contributed by atoms with E-state index in [1.807, 2.05) is 0 Å². The van der Waals surface area contributed by atoms with Crippen molar-refractivity contribution >= 4 is 0 Å². The van der Waals surface area contributed by atoms with Gasteiger partial charge in [-0.3, -0.25) is 0 Å². The Bertz CT molecular complexity index is 159. The average Bonchev–Trinajstić information content (AvgIpc) is 2.29. The second-order valence-corrected chi connectivity index (χ2v) is 3.14. The number of hydrogen-bond donors (Lipinski definition) is 1. The van der Waals surface area contributed by atoms with Crippen LogP contribution >= 0.6 is 0 Å². The van der Waals surface area contributed by atoms with Gasteiger partial charge in [0.15, 0.2) is 6.10 Å². The topological polar surface area (TPSA) is 35.2 Å². The minimum atomic E-state index is -4.27. The van der Waals surface area contributed by atoms with E-state index in [-0.39, 0.29) is 12.6 Å². The normalized spacial score (nSPS) is 37.2. The van der Waals surface area contributed by atoms with Gasteiger partial charge in [0.25, 0.3) is 0 Å². The van der Waals surface area contributed by atoms with Crippen LogP contribution in [0.25, 0.3) is 0 Å². The molecule has 12 heavy (non-hydrogen) atoms. The summed E-state index contributed by atoms with van der Waals surface area (Å²) in [6.45, 7) is 1.67. The van der Waals surface area contributed by atoms with E-state index in [0.717, 1.165) is 0 Å². The summed E-state index contributed by atoms with van der Waals surface area (Å²) in [5.74, 6) is -0.569. The molecule has 1 fully saturated rings. The van der Waals surface area contributed by atoms with Crippen molar-refractivity contribution in [1.82, 2.24) is 0 Å². The Hall–Kier alpha value is -0.290. The van der Waals surface area contributed by atoms with Crippen LogP contribution in [0.4, 0.5) is 13.2 Å². The summed E-state index contributed by atoms with van der Waals surface area (Å²) in [4.78, 5) is 0. The highest BCUT2D eigenvalue weighted by Gasteiger charge is 2.49. The van der Waals surface area contributed by atoms with E-state index in [2.05, 4.69) is 0 Å². The standard InChI is InChI=1S/C7H12F3NO/c1-4-2-5(3-11)6(12-4)7(8,9)10/h4-6H,2-3,11H2,1H3. The van der Waals surface area contributed by atoms with Crippen LogP contribution in [0.15, 0.2) is 0 Å². The molecule has 0 aromatic heterocycles. The molecule has 0 bridgehead atoms. The molecule has 1 saturated heterocycles. The average molecular weight is 183 g/mol. The lowest BCUT2D eigenvalue weighted by Crippen LogP contribution is -2.37. The third-order valence-electron chi connectivity index (χ3n) is 2.07. The van der Waals surface area contributed by atoms with Gasteiger partial charge in [0.1, 0.15) is 0 Å². The minimum Gasteiger partial charge on any atom is -0.365 e. The van der Waals surface area contributed by atoms with Crippen molar-refractivity contribution in [2.24, 2.45) is 11.7 Å². The number of ether oxygens (including phenoxy) is 1. The van der Waals surface area contributed by atoms with E-state index in [9.17, 15) is 13.2 Å². The zero-order chi connectivity index (χ0) is 9.35. The van der Waals surface area contributed by atoms with Crippen LogP contribution in [0.3, 0.4) is 0 Å². The molecule has 3 unspecified atom stereocenters. The molecular formula is C7H12F3NO. The largest absolute Gasteiger partial charge is 0.414 e. The van der Waals surface area contributed by atoms with Crippen molar-refractivity contribution in [3.8, 4) is 0 Å². The number of alkyl halides is 3. The van der Waals surface area contributed by atoms with Gasteiger partial charge in [-0.25, -0.2) is 0 Å². The lowest BCUT2D eigenvalue weighted by molar-refractivity contribution is -0.222. The highest BCUT2D eigenvalue weighted by atomic mass is 19.4. The van der Waals surface area contributed by atoms with Gasteiger partial charge in [-0.1, -0.05) is 0 Å². The van der Waals surface area contributed by atoms with Gasteiger partial charge in [-0.05, 0) is 19.9 Å². The highest BCUT2D eigenvalue weighted by Crippen LogP contribution is 2.36. The predicted octanol–water partition coefficient (Wildman–Crippen LogP) is 1.30. The summed E-state index contributed by atoms with van der Waals surface area (Å²) in [5, 5.41) is 0. The van der Waals surface area contributed by atoms with Crippen LogP contribution in [0, 0.1) is 5.92 Å². The lowest BCUT2D eigenvalue weighted by atomic mass is 10.00. The molecule has 1 aliphatic rings. The lowest BCUT2D eigenvalue weighted by Gasteiger charge is -2.19. The van der Waals surface area contributed by atoms with Crippen LogP contribution in [0.1, 0.15) is 13.3 Å². The van der Waals surface area contributed by atoms with Crippen molar-refractivity contribution in [3.63, 3.8) is 0 Å². The molecule has 0 aliphatic carbocycles. The first kappa shape index (κ1) is 9.80. The third-order valence-corrected chi connectivity index (χ3v) is 2.07. The molecule has 3 atom stereocenters. The van der Waals surface area contributed by atoms with Gasteiger partial charge in [-0.15, -0.1) is 0 Å². The second-order valence-electron chi connectivity index (χ2n) is 3.14. The molecular weight excluding hydrogens is 171 g/mol. The summed E-state index contributed by atoms with van der Waals surface area (Å²) in [6, 6.07) is 0. The van der Waals surface area contributed by atoms with Crippen molar-refractivity contribution in [2.75, 3.05) is 6.54 Å². The molecule has 0 amide bonds. The van der Waals surface area contributed by atoms with Gasteiger partial charge in [-0.2, -0.15) is 13.2 Å². The van der Waals surface area contributed by atoms with Crippen LogP contribution in [-0.4, -0.2) is 24.9 Å². The summed E-state index contributed by atoms with van der Waals surface area (Å²) in [5.41, 5.74) is 5.20. The van der Waals surface area contributed by atoms with Crippen molar-refractivity contribution in [3.05, 3.63) is 0 Å². The van der Waals surface area contributed by atoms with Gasteiger partial charge in [0, 0.05) is 5.92 Å². The van der Waals surface area contributed by atoms with E-state index in [4.69, 9.17) is 10.5 Å². The van der Waals surface area contributed by atoms with Crippen LogP contribution in [0.2, 0.25) is 0 Å². The molecule has 2 nitrogen and oxygen atoms in total. The summed E-state index contributed by atoms with van der Waals surface area (Å²) < 4.78 is 41.3. The number of nitrogens with two attached hydrogens (primary N) is 1. The van der Waals surface area contributed by atoms with Crippen molar-refractivity contribution < 1.29 is 17.9 Å². The maximum atomic E-state index is 12.2. The fourth-order valence-corrected chi connectivity index (χ4v) is 1.53. The fourth-order valence-electron chi connectivity index (χ4n) is 1.53. The Morgan fingerprint density at radius 1 is 1.50 bits per heavy atom. The van der Waals surface area contributed by atoms with E-state index in [0.29, 0.717) is 6.42 Å². The molecule has 1 rings (SSSR count). The first-order valence-corrected chi connectivity index (χ1v) is 3.87. The molecule has 5 heteroatoms. The van der Waals surface area contributed by atoms with Crippen molar-refractivity contribution in [1.29, 1.82) is 0 Å². The molecule has 0 aromatic carbocycles. The maximum absolute atomic E-state index is 12.2. The quantitative estimate of drug-likeness (QED) is 0.665. The second kappa shape index (κ2) is 3.22. The molecule has 0 aromatic rings. The molecule has 1 aliphatic heterocycles. The number of rotatable bonds is 1. The van der Waals surface area contributed by atoms with Crippen LogP contribution in [0.5, 0.6) is 0 Å². The molecule has 72 valence electrons. The fraction of sp³-hybridized carbons (Fsp3) is 1.00. The predicted molar refractivity (Wildman–Crippen MR) is 37.6 cm³/mol. The Balaban J connectivity index is 2.64. The Morgan fingerprint density at radius 2 is 2.08 bits per heavy atom. The maximum Gasteiger partial charge on any atom is 0.414 e. The zero-order valence-electron chi connectivity index (χ0n) is 6.77.